The van der Waals surface area contributed by atoms with Gasteiger partial charge in [0.1, 0.15) is 5.78 Å². The van der Waals surface area contributed by atoms with Crippen molar-refractivity contribution in [1.29, 1.82) is 0 Å². The van der Waals surface area contributed by atoms with Crippen molar-refractivity contribution in [2.24, 2.45) is 17.3 Å². The number of hydrogen-bond acceptors (Lipinski definition) is 1. The molecule has 8 aliphatic carbocycles. The van der Waals surface area contributed by atoms with E-state index in [4.69, 9.17) is 0 Å². The lowest BCUT2D eigenvalue weighted by molar-refractivity contribution is -0.123. The highest BCUT2D eigenvalue weighted by molar-refractivity contribution is 5.95. The number of ketones is 1. The highest BCUT2D eigenvalue weighted by Crippen LogP contribution is 2.74. The second-order valence-electron chi connectivity index (χ2n) is 10.8. The van der Waals surface area contributed by atoms with Crippen molar-refractivity contribution in [3.05, 3.63) is 58.2 Å². The molecule has 3 atom stereocenters. The fraction of sp³-hybridized carbons (Fsp3) is 0.519. The van der Waals surface area contributed by atoms with Gasteiger partial charge >= 0.3 is 0 Å². The minimum absolute atomic E-state index is 0.149. The van der Waals surface area contributed by atoms with E-state index in [0.717, 1.165) is 24.7 Å². The number of benzene rings is 2. The Kier molecular flexibility index (Phi) is 2.40. The molecule has 2 fully saturated rings. The molecular formula is C27H26O. The number of rotatable bonds is 0. The Hall–Kier alpha value is -1.89. The van der Waals surface area contributed by atoms with Crippen LogP contribution in [0.5, 0.6) is 0 Å². The van der Waals surface area contributed by atoms with Crippen LogP contribution in [0.1, 0.15) is 74.0 Å². The van der Waals surface area contributed by atoms with E-state index in [0.29, 0.717) is 5.78 Å². The zero-order valence-electron chi connectivity index (χ0n) is 16.4. The van der Waals surface area contributed by atoms with Crippen molar-refractivity contribution in [3.8, 4) is 0 Å². The number of hydrogen-bond donors (Lipinski definition) is 0. The highest BCUT2D eigenvalue weighted by Gasteiger charge is 2.65. The lowest BCUT2D eigenvalue weighted by Crippen LogP contribution is -2.47. The van der Waals surface area contributed by atoms with Crippen LogP contribution in [0, 0.1) is 17.3 Å². The van der Waals surface area contributed by atoms with Crippen LogP contribution in [0.15, 0.2) is 41.5 Å². The number of aryl methyl sites for hydroxylation is 1. The molecule has 1 heteroatoms. The largest absolute Gasteiger partial charge is 0.299 e. The summed E-state index contributed by atoms with van der Waals surface area (Å²) in [6.07, 6.45) is 11.0. The van der Waals surface area contributed by atoms with Gasteiger partial charge in [-0.15, -0.1) is 0 Å². The first-order chi connectivity index (χ1) is 13.7. The molecule has 1 nitrogen and oxygen atoms in total. The minimum Gasteiger partial charge on any atom is -0.299 e. The average Bonchev–Trinajstić information content (AvgIpc) is 3.31. The second-order valence-corrected chi connectivity index (χ2v) is 10.8. The van der Waals surface area contributed by atoms with E-state index in [1.807, 2.05) is 11.1 Å². The van der Waals surface area contributed by atoms with Gasteiger partial charge in [-0.05, 0) is 90.7 Å². The maximum absolute atomic E-state index is 13.5. The molecule has 0 heterocycles. The van der Waals surface area contributed by atoms with Crippen molar-refractivity contribution in [3.63, 3.8) is 0 Å². The molecule has 2 saturated carbocycles. The Labute approximate surface area is 166 Å². The first-order valence-corrected chi connectivity index (χ1v) is 11.6. The van der Waals surface area contributed by atoms with Crippen molar-refractivity contribution >= 4 is 16.6 Å². The van der Waals surface area contributed by atoms with Crippen LogP contribution in [0.4, 0.5) is 0 Å². The van der Waals surface area contributed by atoms with Gasteiger partial charge in [0.2, 0.25) is 0 Å². The van der Waals surface area contributed by atoms with Gasteiger partial charge in [0, 0.05) is 17.3 Å². The van der Waals surface area contributed by atoms with Crippen LogP contribution in [0.25, 0.3) is 10.8 Å². The van der Waals surface area contributed by atoms with Gasteiger partial charge in [-0.1, -0.05) is 41.5 Å². The molecular weight excluding hydrogens is 340 g/mol. The van der Waals surface area contributed by atoms with E-state index >= 15 is 0 Å². The summed E-state index contributed by atoms with van der Waals surface area (Å²) in [5, 5.41) is 2.88. The van der Waals surface area contributed by atoms with Crippen molar-refractivity contribution < 1.29 is 4.79 Å². The van der Waals surface area contributed by atoms with E-state index in [9.17, 15) is 4.79 Å². The summed E-state index contributed by atoms with van der Waals surface area (Å²) in [7, 11) is 0. The average molecular weight is 367 g/mol. The lowest BCUT2D eigenvalue weighted by atomic mass is 9.48. The van der Waals surface area contributed by atoms with Gasteiger partial charge in [-0.25, -0.2) is 0 Å². The molecule has 0 aromatic heterocycles. The van der Waals surface area contributed by atoms with Gasteiger partial charge in [0.15, 0.2) is 0 Å². The van der Waals surface area contributed by atoms with Crippen molar-refractivity contribution in [2.75, 3.05) is 0 Å². The summed E-state index contributed by atoms with van der Waals surface area (Å²) in [4.78, 5) is 13.5. The first-order valence-electron chi connectivity index (χ1n) is 11.6. The molecule has 12 bridgehead atoms. The highest BCUT2D eigenvalue weighted by atomic mass is 16.1. The zero-order valence-corrected chi connectivity index (χ0v) is 16.4. The summed E-state index contributed by atoms with van der Waals surface area (Å²) in [6.45, 7) is 0. The smallest absolute Gasteiger partial charge is 0.141 e. The van der Waals surface area contributed by atoms with E-state index < -0.39 is 0 Å². The van der Waals surface area contributed by atoms with Gasteiger partial charge in [0.05, 0.1) is 5.92 Å². The predicted molar refractivity (Wildman–Crippen MR) is 110 cm³/mol. The number of Topliss-reactive ketones (excluding diaryl/α,β-unsaturated/α-hetero) is 1. The van der Waals surface area contributed by atoms with E-state index in [-0.39, 0.29) is 16.7 Å². The molecule has 10 rings (SSSR count). The fourth-order valence-electron chi connectivity index (χ4n) is 9.30. The molecule has 28 heavy (non-hydrogen) atoms. The number of carbonyl (C=O) groups is 1. The lowest BCUT2D eigenvalue weighted by Gasteiger charge is -2.55. The zero-order chi connectivity index (χ0) is 18.3. The SMILES string of the molecule is O=C1CCc2cc3c4cccc3cc2C1C12CCC(C1)C1=C2C2CCC14CC2. The van der Waals surface area contributed by atoms with Gasteiger partial charge < -0.3 is 0 Å². The Bertz CT molecular complexity index is 1140. The van der Waals surface area contributed by atoms with E-state index in [2.05, 4.69) is 30.3 Å². The molecule has 3 unspecified atom stereocenters. The number of carbonyl (C=O) groups excluding carboxylic acids is 1. The molecule has 8 aliphatic rings. The normalized spacial score (nSPS) is 41.6. The molecule has 0 radical (unpaired) electrons. The molecule has 0 N–H and O–H groups in total. The Morgan fingerprint density at radius 2 is 1.75 bits per heavy atom. The second kappa shape index (κ2) is 4.48. The third-order valence-electron chi connectivity index (χ3n) is 10.0. The third kappa shape index (κ3) is 1.39. The summed E-state index contributed by atoms with van der Waals surface area (Å²) >= 11 is 0. The summed E-state index contributed by atoms with van der Waals surface area (Å²) in [6, 6.07) is 12.0. The van der Waals surface area contributed by atoms with Crippen molar-refractivity contribution in [1.82, 2.24) is 0 Å². The quantitative estimate of drug-likeness (QED) is 0.523. The topological polar surface area (TPSA) is 17.1 Å². The minimum atomic E-state index is 0.149. The van der Waals surface area contributed by atoms with E-state index in [1.165, 1.54) is 66.8 Å². The predicted octanol–water partition coefficient (Wildman–Crippen LogP) is 5.99. The molecule has 2 aromatic carbocycles. The van der Waals surface area contributed by atoms with Crippen LogP contribution in [0.2, 0.25) is 0 Å². The molecule has 2 spiro atoms. The first kappa shape index (κ1) is 15.0. The Morgan fingerprint density at radius 1 is 0.893 bits per heavy atom. The van der Waals surface area contributed by atoms with Crippen LogP contribution in [0.3, 0.4) is 0 Å². The van der Waals surface area contributed by atoms with Gasteiger partial charge in [-0.3, -0.25) is 4.79 Å². The Balaban J connectivity index is 1.62. The number of fused-ring (bicyclic) bond motifs is 3. The summed E-state index contributed by atoms with van der Waals surface area (Å²) in [5.41, 5.74) is 8.67. The maximum Gasteiger partial charge on any atom is 0.141 e. The monoisotopic (exact) mass is 366 g/mol. The molecule has 2 aromatic rings. The van der Waals surface area contributed by atoms with Crippen molar-refractivity contribution in [2.45, 2.75) is 69.1 Å². The van der Waals surface area contributed by atoms with Gasteiger partial charge in [0.25, 0.3) is 0 Å². The molecule has 0 saturated heterocycles. The third-order valence-corrected chi connectivity index (χ3v) is 10.0. The van der Waals surface area contributed by atoms with Crippen LogP contribution in [-0.2, 0) is 16.6 Å². The summed E-state index contributed by atoms with van der Waals surface area (Å²) in [5.74, 6) is 2.23. The molecule has 0 aliphatic heterocycles. The van der Waals surface area contributed by atoms with Crippen LogP contribution in [-0.4, -0.2) is 5.78 Å². The van der Waals surface area contributed by atoms with E-state index in [1.54, 1.807) is 5.56 Å². The molecule has 140 valence electrons. The maximum atomic E-state index is 13.5. The van der Waals surface area contributed by atoms with Crippen LogP contribution < -0.4 is 0 Å². The number of allylic oxidation sites excluding steroid dienone is 2. The fourth-order valence-corrected chi connectivity index (χ4v) is 9.30. The summed E-state index contributed by atoms with van der Waals surface area (Å²) < 4.78 is 0. The standard InChI is InChI=1S/C27H26O/c28-22-5-4-17-12-19-16-2-1-3-21(19)26-9-6-15(7-10-26)23-24(26)18-8-11-27(23,14-18)25(22)20(17)13-16/h1-3,12-13,15,18,25H,4-11,14H2. The van der Waals surface area contributed by atoms with Crippen LogP contribution >= 0.6 is 0 Å². The van der Waals surface area contributed by atoms with Gasteiger partial charge in [-0.2, -0.15) is 0 Å². The Morgan fingerprint density at radius 3 is 2.64 bits per heavy atom. The molecule has 0 amide bonds.